The second kappa shape index (κ2) is 9.74. The number of guanidine groups is 1. The van der Waals surface area contributed by atoms with Crippen LogP contribution in [0.2, 0.25) is 0 Å². The van der Waals surface area contributed by atoms with Gasteiger partial charge < -0.3 is 30.4 Å². The first-order valence-electron chi connectivity index (χ1n) is 8.51. The van der Waals surface area contributed by atoms with Gasteiger partial charge in [0.25, 0.3) is 10.0 Å². The first-order valence-corrected chi connectivity index (χ1v) is 10.1. The maximum Gasteiger partial charge on any atom is 0.255 e. The lowest BCUT2D eigenvalue weighted by Crippen LogP contribution is -2.22. The fourth-order valence-corrected chi connectivity index (χ4v) is 3.37. The number of methoxy groups -OCH3 is 4. The van der Waals surface area contributed by atoms with E-state index in [-0.39, 0.29) is 17.3 Å². The Bertz CT molecular complexity index is 1040. The molecule has 10 nitrogen and oxygen atoms in total. The number of sulfonamides is 1. The molecule has 0 amide bonds. The van der Waals surface area contributed by atoms with E-state index in [1.54, 1.807) is 18.2 Å². The van der Waals surface area contributed by atoms with Crippen molar-refractivity contribution < 1.29 is 27.4 Å². The van der Waals surface area contributed by atoms with E-state index in [0.29, 0.717) is 28.6 Å². The van der Waals surface area contributed by atoms with Gasteiger partial charge >= 0.3 is 0 Å². The molecule has 0 heterocycles. The average molecular weight is 436 g/mol. The van der Waals surface area contributed by atoms with Crippen LogP contribution in [0.5, 0.6) is 23.0 Å². The molecule has 11 heteroatoms. The third-order valence-electron chi connectivity index (χ3n) is 3.86. The Hall–Kier alpha value is -3.60. The zero-order chi connectivity index (χ0) is 22.3. The molecule has 30 heavy (non-hydrogen) atoms. The van der Waals surface area contributed by atoms with Crippen LogP contribution in [0.1, 0.15) is 5.56 Å². The summed E-state index contributed by atoms with van der Waals surface area (Å²) >= 11 is 0. The van der Waals surface area contributed by atoms with Crippen molar-refractivity contribution in [2.45, 2.75) is 0 Å². The van der Waals surface area contributed by atoms with Gasteiger partial charge in [0.2, 0.25) is 0 Å². The van der Waals surface area contributed by atoms with E-state index < -0.39 is 10.0 Å². The van der Waals surface area contributed by atoms with E-state index >= 15 is 0 Å². The van der Waals surface area contributed by atoms with Gasteiger partial charge in [-0.1, -0.05) is 0 Å². The number of nitrogens with two attached hydrogens (primary N) is 2. The summed E-state index contributed by atoms with van der Waals surface area (Å²) in [5.74, 6) is 1.48. The fourth-order valence-electron chi connectivity index (χ4n) is 2.53. The van der Waals surface area contributed by atoms with Crippen LogP contribution in [-0.2, 0) is 10.0 Å². The minimum Gasteiger partial charge on any atom is -0.496 e. The molecule has 0 spiro atoms. The predicted molar refractivity (Wildman–Crippen MR) is 116 cm³/mol. The maximum absolute atomic E-state index is 12.6. The highest BCUT2D eigenvalue weighted by atomic mass is 32.2. The van der Waals surface area contributed by atoms with Crippen molar-refractivity contribution >= 4 is 33.4 Å². The SMILES string of the molecule is COc1cc(OC)c(C=CS(=O)(=O)Nc2ccc(OC)c(N=C(N)N)c2)c(OC)c1. The average Bonchev–Trinajstić information content (AvgIpc) is 2.71. The van der Waals surface area contributed by atoms with Gasteiger partial charge in [-0.3, -0.25) is 4.72 Å². The number of rotatable bonds is 9. The van der Waals surface area contributed by atoms with Crippen LogP contribution in [-0.4, -0.2) is 42.8 Å². The number of hydrogen-bond donors (Lipinski definition) is 3. The summed E-state index contributed by atoms with van der Waals surface area (Å²) in [7, 11) is 1.98. The van der Waals surface area contributed by atoms with Crippen molar-refractivity contribution in [3.8, 4) is 23.0 Å². The Morgan fingerprint density at radius 2 is 1.53 bits per heavy atom. The minimum atomic E-state index is -3.89. The molecule has 0 aliphatic heterocycles. The molecule has 0 saturated heterocycles. The van der Waals surface area contributed by atoms with E-state index in [1.165, 1.54) is 46.6 Å². The van der Waals surface area contributed by atoms with Crippen LogP contribution >= 0.6 is 0 Å². The van der Waals surface area contributed by atoms with Crippen LogP contribution in [0.4, 0.5) is 11.4 Å². The Morgan fingerprint density at radius 3 is 2.03 bits per heavy atom. The summed E-state index contributed by atoms with van der Waals surface area (Å²) in [5, 5.41) is 0.990. The number of hydrogen-bond acceptors (Lipinski definition) is 7. The summed E-state index contributed by atoms with van der Waals surface area (Å²) in [4.78, 5) is 3.93. The number of nitrogens with zero attached hydrogens (tertiary/aromatic N) is 1. The summed E-state index contributed by atoms with van der Waals surface area (Å²) in [6.07, 6.45) is 1.36. The van der Waals surface area contributed by atoms with E-state index in [0.717, 1.165) is 5.41 Å². The van der Waals surface area contributed by atoms with Gasteiger partial charge in [0.1, 0.15) is 28.7 Å². The zero-order valence-corrected chi connectivity index (χ0v) is 17.8. The van der Waals surface area contributed by atoms with Crippen molar-refractivity contribution in [2.75, 3.05) is 33.2 Å². The molecular weight excluding hydrogens is 412 g/mol. The molecule has 0 fully saturated rings. The molecule has 0 radical (unpaired) electrons. The number of ether oxygens (including phenoxy) is 4. The van der Waals surface area contributed by atoms with Gasteiger partial charge in [0.15, 0.2) is 5.96 Å². The van der Waals surface area contributed by atoms with Crippen LogP contribution in [0.15, 0.2) is 40.7 Å². The highest BCUT2D eigenvalue weighted by Crippen LogP contribution is 2.35. The Morgan fingerprint density at radius 1 is 0.933 bits per heavy atom. The second-order valence-electron chi connectivity index (χ2n) is 5.82. The highest BCUT2D eigenvalue weighted by molar-refractivity contribution is 7.95. The quantitative estimate of drug-likeness (QED) is 0.399. The Balaban J connectivity index is 2.36. The fraction of sp³-hybridized carbons (Fsp3) is 0.211. The molecular formula is C19H24N4O6S. The molecule has 162 valence electrons. The largest absolute Gasteiger partial charge is 0.496 e. The first kappa shape index (κ1) is 22.7. The van der Waals surface area contributed by atoms with Gasteiger partial charge in [0.05, 0.1) is 45.1 Å². The Labute approximate surface area is 175 Å². The standard InChI is InChI=1S/C19H24N4O6S/c1-26-13-10-17(28-3)14(18(11-13)29-4)7-8-30(24,25)23-12-5-6-16(27-2)15(9-12)22-19(20)21/h5-11,23H,1-4H3,(H4,20,21,22). The highest BCUT2D eigenvalue weighted by Gasteiger charge is 2.14. The predicted octanol–water partition coefficient (Wildman–Crippen LogP) is 2.04. The molecule has 2 rings (SSSR count). The summed E-state index contributed by atoms with van der Waals surface area (Å²) < 4.78 is 48.5. The maximum atomic E-state index is 12.6. The molecule has 0 aromatic heterocycles. The monoisotopic (exact) mass is 436 g/mol. The Kier molecular flexibility index (Phi) is 7.37. The van der Waals surface area contributed by atoms with E-state index in [1.807, 2.05) is 0 Å². The summed E-state index contributed by atoms with van der Waals surface area (Å²) in [6.45, 7) is 0. The summed E-state index contributed by atoms with van der Waals surface area (Å²) in [6, 6.07) is 7.74. The van der Waals surface area contributed by atoms with Gasteiger partial charge in [-0.25, -0.2) is 13.4 Å². The molecule has 2 aromatic carbocycles. The molecule has 0 aliphatic rings. The molecule has 0 saturated carbocycles. The third kappa shape index (κ3) is 5.70. The van der Waals surface area contributed by atoms with Crippen molar-refractivity contribution in [2.24, 2.45) is 16.5 Å². The third-order valence-corrected chi connectivity index (χ3v) is 4.87. The minimum absolute atomic E-state index is 0.188. The van der Waals surface area contributed by atoms with E-state index in [4.69, 9.17) is 30.4 Å². The number of benzene rings is 2. The van der Waals surface area contributed by atoms with Gasteiger partial charge in [-0.15, -0.1) is 0 Å². The second-order valence-corrected chi connectivity index (χ2v) is 7.39. The van der Waals surface area contributed by atoms with Crippen LogP contribution in [0.25, 0.3) is 6.08 Å². The number of nitrogens with one attached hydrogen (secondary N) is 1. The number of anilines is 1. The molecule has 0 unspecified atom stereocenters. The smallest absolute Gasteiger partial charge is 0.255 e. The lowest BCUT2D eigenvalue weighted by Gasteiger charge is -2.13. The van der Waals surface area contributed by atoms with Crippen LogP contribution in [0.3, 0.4) is 0 Å². The van der Waals surface area contributed by atoms with Crippen molar-refractivity contribution in [1.82, 2.24) is 0 Å². The molecule has 0 bridgehead atoms. The zero-order valence-electron chi connectivity index (χ0n) is 17.0. The molecule has 2 aromatic rings. The molecule has 5 N–H and O–H groups in total. The van der Waals surface area contributed by atoms with Gasteiger partial charge in [0, 0.05) is 12.1 Å². The lowest BCUT2D eigenvalue weighted by atomic mass is 10.1. The van der Waals surface area contributed by atoms with Gasteiger partial charge in [-0.2, -0.15) is 0 Å². The first-order chi connectivity index (χ1) is 14.2. The van der Waals surface area contributed by atoms with Crippen molar-refractivity contribution in [3.63, 3.8) is 0 Å². The van der Waals surface area contributed by atoms with E-state index in [9.17, 15) is 8.42 Å². The van der Waals surface area contributed by atoms with Crippen LogP contribution < -0.4 is 35.1 Å². The lowest BCUT2D eigenvalue weighted by molar-refractivity contribution is 0.374. The van der Waals surface area contributed by atoms with Crippen molar-refractivity contribution in [3.05, 3.63) is 41.3 Å². The number of aliphatic imine (C=N–C) groups is 1. The molecule has 0 aliphatic carbocycles. The van der Waals surface area contributed by atoms with Crippen molar-refractivity contribution in [1.29, 1.82) is 0 Å². The topological polar surface area (TPSA) is 147 Å². The van der Waals surface area contributed by atoms with Gasteiger partial charge in [-0.05, 0) is 24.3 Å². The van der Waals surface area contributed by atoms with Crippen LogP contribution in [0, 0.1) is 0 Å². The summed E-state index contributed by atoms with van der Waals surface area (Å²) in [5.41, 5.74) is 11.8. The normalized spacial score (nSPS) is 11.1. The van der Waals surface area contributed by atoms with E-state index in [2.05, 4.69) is 9.71 Å². The molecule has 0 atom stereocenters.